The van der Waals surface area contributed by atoms with Gasteiger partial charge in [0, 0.05) is 13.3 Å². The third kappa shape index (κ3) is 5.40. The van der Waals surface area contributed by atoms with Crippen LogP contribution < -0.4 is 0 Å². The van der Waals surface area contributed by atoms with Gasteiger partial charge >= 0.3 is 11.9 Å². The van der Waals surface area contributed by atoms with Gasteiger partial charge in [0.2, 0.25) is 0 Å². The van der Waals surface area contributed by atoms with Crippen LogP contribution in [0.25, 0.3) is 11.8 Å². The summed E-state index contributed by atoms with van der Waals surface area (Å²) in [6, 6.07) is 0. The first kappa shape index (κ1) is 20.1. The standard InChI is InChI=1S/C13H14N2O6.CH4O/c1-3-4-10-13(8(2)15(20)21)9(5-11(16)17)6-14(10)7-12(18)19;1-2/h3-4,6H,2,5,7H2,1H3,(H,16,17)(H,18,19);2H,1H3/b4-3-;. The molecule has 0 unspecified atom stereocenters. The van der Waals surface area contributed by atoms with Gasteiger partial charge in [-0.25, -0.2) is 0 Å². The minimum Gasteiger partial charge on any atom is -0.481 e. The van der Waals surface area contributed by atoms with Crippen molar-refractivity contribution in [1.29, 1.82) is 0 Å². The van der Waals surface area contributed by atoms with E-state index in [9.17, 15) is 19.7 Å². The topological polar surface area (TPSA) is 143 Å². The molecule has 9 heteroatoms. The SMILES string of the molecule is C=C(c1c(CC(=O)O)cn(CC(=O)O)c1/C=C\C)[N+](=O)[O-].CO. The van der Waals surface area contributed by atoms with Crippen molar-refractivity contribution < 1.29 is 29.8 Å². The summed E-state index contributed by atoms with van der Waals surface area (Å²) >= 11 is 0. The van der Waals surface area contributed by atoms with E-state index in [4.69, 9.17) is 15.3 Å². The van der Waals surface area contributed by atoms with Crippen molar-refractivity contribution in [1.82, 2.24) is 4.57 Å². The molecule has 0 spiro atoms. The molecule has 1 heterocycles. The summed E-state index contributed by atoms with van der Waals surface area (Å²) < 4.78 is 1.25. The van der Waals surface area contributed by atoms with E-state index in [1.54, 1.807) is 13.0 Å². The lowest BCUT2D eigenvalue weighted by molar-refractivity contribution is -0.375. The number of hydrogen-bond donors (Lipinski definition) is 3. The Kier molecular flexibility index (Phi) is 7.98. The van der Waals surface area contributed by atoms with E-state index >= 15 is 0 Å². The maximum Gasteiger partial charge on any atom is 0.323 e. The average Bonchev–Trinajstić information content (AvgIpc) is 2.76. The summed E-state index contributed by atoms with van der Waals surface area (Å²) in [4.78, 5) is 31.9. The first-order valence-electron chi connectivity index (χ1n) is 6.34. The second-order valence-electron chi connectivity index (χ2n) is 4.21. The van der Waals surface area contributed by atoms with Gasteiger partial charge in [-0.2, -0.15) is 0 Å². The Morgan fingerprint density at radius 2 is 1.91 bits per heavy atom. The van der Waals surface area contributed by atoms with Crippen molar-refractivity contribution in [3.8, 4) is 0 Å². The van der Waals surface area contributed by atoms with Crippen molar-refractivity contribution in [3.63, 3.8) is 0 Å². The number of aliphatic hydroxyl groups is 1. The van der Waals surface area contributed by atoms with Crippen molar-refractivity contribution in [2.45, 2.75) is 19.9 Å². The van der Waals surface area contributed by atoms with E-state index in [1.165, 1.54) is 16.8 Å². The number of carboxylic acid groups (broad SMARTS) is 2. The molecule has 0 atom stereocenters. The zero-order chi connectivity index (χ0) is 18.2. The van der Waals surface area contributed by atoms with E-state index in [0.29, 0.717) is 0 Å². The van der Waals surface area contributed by atoms with Gasteiger partial charge in [0.05, 0.1) is 22.6 Å². The van der Waals surface area contributed by atoms with Crippen molar-refractivity contribution in [3.05, 3.63) is 45.8 Å². The fourth-order valence-corrected chi connectivity index (χ4v) is 1.97. The average molecular weight is 326 g/mol. The van der Waals surface area contributed by atoms with Crippen LogP contribution in [0, 0.1) is 10.1 Å². The number of rotatable bonds is 7. The molecule has 3 N–H and O–H groups in total. The van der Waals surface area contributed by atoms with Crippen molar-refractivity contribution >= 4 is 23.7 Å². The van der Waals surface area contributed by atoms with Gasteiger partial charge in [0.25, 0.3) is 5.70 Å². The quantitative estimate of drug-likeness (QED) is 0.502. The third-order valence-corrected chi connectivity index (χ3v) is 2.68. The zero-order valence-electron chi connectivity index (χ0n) is 12.7. The Morgan fingerprint density at radius 3 is 2.30 bits per heavy atom. The summed E-state index contributed by atoms with van der Waals surface area (Å²) in [6.45, 7) is 4.57. The van der Waals surface area contributed by atoms with Crippen LogP contribution in [0.15, 0.2) is 18.9 Å². The molecule has 0 saturated carbocycles. The number of aliphatic hydroxyl groups excluding tert-OH is 1. The number of carbonyl (C=O) groups is 2. The second kappa shape index (κ2) is 9.15. The number of allylic oxidation sites excluding steroid dienone is 1. The molecular formula is C14H18N2O7. The van der Waals surface area contributed by atoms with Crippen LogP contribution in [0.3, 0.4) is 0 Å². The molecule has 0 aliphatic carbocycles. The predicted molar refractivity (Wildman–Crippen MR) is 82.3 cm³/mol. The van der Waals surface area contributed by atoms with Crippen LogP contribution in [-0.2, 0) is 22.6 Å². The molecule has 9 nitrogen and oxygen atoms in total. The molecule has 0 bridgehead atoms. The first-order valence-corrected chi connectivity index (χ1v) is 6.34. The van der Waals surface area contributed by atoms with E-state index in [-0.39, 0.29) is 16.8 Å². The number of nitrogens with zero attached hydrogens (tertiary/aromatic N) is 2. The highest BCUT2D eigenvalue weighted by Gasteiger charge is 2.25. The van der Waals surface area contributed by atoms with E-state index in [0.717, 1.165) is 7.11 Å². The normalized spacial score (nSPS) is 10.0. The molecular weight excluding hydrogens is 308 g/mol. The Bertz CT molecular complexity index is 644. The number of carboxylic acids is 2. The highest BCUT2D eigenvalue weighted by atomic mass is 16.6. The van der Waals surface area contributed by atoms with Gasteiger partial charge in [-0.3, -0.25) is 19.7 Å². The fourth-order valence-electron chi connectivity index (χ4n) is 1.97. The minimum atomic E-state index is -1.17. The Hall–Kier alpha value is -2.94. The van der Waals surface area contributed by atoms with Crippen LogP contribution in [0.5, 0.6) is 0 Å². The lowest BCUT2D eigenvalue weighted by Gasteiger charge is -2.04. The van der Waals surface area contributed by atoms with Crippen LogP contribution >= 0.6 is 0 Å². The lowest BCUT2D eigenvalue weighted by atomic mass is 10.1. The maximum absolute atomic E-state index is 10.9. The Morgan fingerprint density at radius 1 is 1.35 bits per heavy atom. The molecule has 0 fully saturated rings. The lowest BCUT2D eigenvalue weighted by Crippen LogP contribution is -2.09. The smallest absolute Gasteiger partial charge is 0.323 e. The fraction of sp³-hybridized carbons (Fsp3) is 0.286. The molecule has 1 aromatic rings. The van der Waals surface area contributed by atoms with Gasteiger partial charge in [0.1, 0.15) is 6.54 Å². The molecule has 1 rings (SSSR count). The monoisotopic (exact) mass is 326 g/mol. The van der Waals surface area contributed by atoms with E-state index in [2.05, 4.69) is 6.58 Å². The summed E-state index contributed by atoms with van der Waals surface area (Å²) in [5.74, 6) is -2.32. The third-order valence-electron chi connectivity index (χ3n) is 2.68. The molecule has 0 amide bonds. The predicted octanol–water partition coefficient (Wildman–Crippen LogP) is 1.09. The summed E-state index contributed by atoms with van der Waals surface area (Å²) in [5.41, 5.74) is -0.0263. The Labute approximate surface area is 131 Å². The number of aromatic nitrogens is 1. The molecule has 23 heavy (non-hydrogen) atoms. The van der Waals surface area contributed by atoms with Crippen LogP contribution in [0.4, 0.5) is 0 Å². The van der Waals surface area contributed by atoms with Gasteiger partial charge < -0.3 is 19.9 Å². The molecule has 1 aromatic heterocycles. The van der Waals surface area contributed by atoms with Crippen LogP contribution in [-0.4, -0.2) is 43.9 Å². The van der Waals surface area contributed by atoms with Crippen LogP contribution in [0.1, 0.15) is 23.7 Å². The molecule has 0 aliphatic rings. The second-order valence-corrected chi connectivity index (χ2v) is 4.21. The van der Waals surface area contributed by atoms with Crippen molar-refractivity contribution in [2.24, 2.45) is 0 Å². The van der Waals surface area contributed by atoms with Gasteiger partial charge in [-0.05, 0) is 25.1 Å². The number of nitro groups is 1. The maximum atomic E-state index is 10.9. The molecule has 0 aliphatic heterocycles. The number of aliphatic carboxylic acids is 2. The van der Waals surface area contributed by atoms with Crippen molar-refractivity contribution in [2.75, 3.05) is 7.11 Å². The molecule has 0 aromatic carbocycles. The van der Waals surface area contributed by atoms with Gasteiger partial charge in [-0.1, -0.05) is 6.08 Å². The van der Waals surface area contributed by atoms with E-state index in [1.807, 2.05) is 0 Å². The van der Waals surface area contributed by atoms with E-state index < -0.39 is 35.5 Å². The molecule has 126 valence electrons. The summed E-state index contributed by atoms with van der Waals surface area (Å²) in [5, 5.41) is 35.7. The summed E-state index contributed by atoms with van der Waals surface area (Å²) in [6.07, 6.45) is 3.90. The first-order chi connectivity index (χ1) is 10.8. The Balaban J connectivity index is 0.00000232. The van der Waals surface area contributed by atoms with Crippen LogP contribution in [0.2, 0.25) is 0 Å². The highest BCUT2D eigenvalue weighted by Crippen LogP contribution is 2.27. The largest absolute Gasteiger partial charge is 0.481 e. The summed E-state index contributed by atoms with van der Waals surface area (Å²) in [7, 11) is 1.00. The van der Waals surface area contributed by atoms with Gasteiger partial charge in [0.15, 0.2) is 0 Å². The zero-order valence-corrected chi connectivity index (χ0v) is 12.7. The van der Waals surface area contributed by atoms with Gasteiger partial charge in [-0.15, -0.1) is 0 Å². The highest BCUT2D eigenvalue weighted by molar-refractivity contribution is 5.78. The molecule has 0 saturated heterocycles. The minimum absolute atomic E-state index is 0.0433. The number of hydrogen-bond acceptors (Lipinski definition) is 5. The molecule has 0 radical (unpaired) electrons.